The van der Waals surface area contributed by atoms with E-state index in [-0.39, 0.29) is 24.0 Å². The molecule has 1 aliphatic heterocycles. The zero-order valence-corrected chi connectivity index (χ0v) is 17.5. The zero-order valence-electron chi connectivity index (χ0n) is 14.4. The van der Waals surface area contributed by atoms with Crippen LogP contribution in [0.25, 0.3) is 0 Å². The zero-order chi connectivity index (χ0) is 16.6. The smallest absolute Gasteiger partial charge is 0.191 e. The molecular weight excluding hydrogens is 451 g/mol. The molecule has 25 heavy (non-hydrogen) atoms. The number of guanidine groups is 1. The first-order valence-electron chi connectivity index (χ1n) is 8.33. The van der Waals surface area contributed by atoms with Gasteiger partial charge < -0.3 is 19.8 Å². The van der Waals surface area contributed by atoms with Gasteiger partial charge in [0.1, 0.15) is 10.8 Å². The van der Waals surface area contributed by atoms with E-state index in [1.807, 2.05) is 18.3 Å². The van der Waals surface area contributed by atoms with Gasteiger partial charge in [0.15, 0.2) is 5.96 Å². The quantitative estimate of drug-likeness (QED) is 0.365. The molecule has 1 saturated heterocycles. The number of furan rings is 1. The van der Waals surface area contributed by atoms with Gasteiger partial charge >= 0.3 is 0 Å². The van der Waals surface area contributed by atoms with Gasteiger partial charge in [-0.1, -0.05) is 0 Å². The van der Waals surface area contributed by atoms with Crippen molar-refractivity contribution >= 4 is 41.3 Å². The van der Waals surface area contributed by atoms with Crippen LogP contribution < -0.4 is 10.6 Å². The van der Waals surface area contributed by atoms with E-state index in [4.69, 9.17) is 9.15 Å². The highest BCUT2D eigenvalue weighted by Crippen LogP contribution is 2.12. The standard InChI is InChI=1S/C17H24N4O2S.HI/c1-13-9-19-16(24-13)11-21-17(20-10-14-5-8-22-12-14)18-6-4-15-3-2-7-23-15;/h2-3,7,9,14H,4-6,8,10-12H2,1H3,(H2,18,20,21);1H. The molecule has 2 aromatic heterocycles. The van der Waals surface area contributed by atoms with Gasteiger partial charge in [0.25, 0.3) is 0 Å². The van der Waals surface area contributed by atoms with Crippen LogP contribution >= 0.6 is 35.3 Å². The van der Waals surface area contributed by atoms with Crippen molar-refractivity contribution in [3.8, 4) is 0 Å². The van der Waals surface area contributed by atoms with Crippen LogP contribution in [0.2, 0.25) is 0 Å². The van der Waals surface area contributed by atoms with Crippen LogP contribution in [-0.4, -0.2) is 37.2 Å². The number of nitrogens with zero attached hydrogens (tertiary/aromatic N) is 2. The van der Waals surface area contributed by atoms with Crippen molar-refractivity contribution < 1.29 is 9.15 Å². The van der Waals surface area contributed by atoms with Crippen molar-refractivity contribution in [2.75, 3.05) is 26.3 Å². The summed E-state index contributed by atoms with van der Waals surface area (Å²) >= 11 is 1.69. The van der Waals surface area contributed by atoms with Gasteiger partial charge in [-0.25, -0.2) is 9.98 Å². The summed E-state index contributed by atoms with van der Waals surface area (Å²) in [7, 11) is 0. The molecular formula is C17H25IN4O2S. The molecule has 0 aliphatic carbocycles. The highest BCUT2D eigenvalue weighted by atomic mass is 127. The number of ether oxygens (including phenoxy) is 1. The maximum atomic E-state index is 5.43. The number of aromatic nitrogens is 1. The molecule has 0 aromatic carbocycles. The minimum atomic E-state index is 0. The highest BCUT2D eigenvalue weighted by molar-refractivity contribution is 14.0. The topological polar surface area (TPSA) is 71.7 Å². The van der Waals surface area contributed by atoms with E-state index in [0.717, 1.165) is 55.9 Å². The second-order valence-electron chi connectivity index (χ2n) is 5.90. The molecule has 3 rings (SSSR count). The van der Waals surface area contributed by atoms with E-state index in [1.54, 1.807) is 17.6 Å². The van der Waals surface area contributed by atoms with Crippen LogP contribution in [0.3, 0.4) is 0 Å². The third-order valence-corrected chi connectivity index (χ3v) is 4.77. The van der Waals surface area contributed by atoms with Gasteiger partial charge in [-0.05, 0) is 25.5 Å². The largest absolute Gasteiger partial charge is 0.469 e. The highest BCUT2D eigenvalue weighted by Gasteiger charge is 2.15. The molecule has 138 valence electrons. The third kappa shape index (κ3) is 6.95. The fourth-order valence-corrected chi connectivity index (χ4v) is 3.25. The van der Waals surface area contributed by atoms with E-state index in [1.165, 1.54) is 4.88 Å². The Morgan fingerprint density at radius 2 is 2.36 bits per heavy atom. The summed E-state index contributed by atoms with van der Waals surface area (Å²) in [6.45, 7) is 6.00. The number of aliphatic imine (C=N–C) groups is 1. The normalized spacial score (nSPS) is 17.3. The fourth-order valence-electron chi connectivity index (χ4n) is 2.54. The first-order valence-corrected chi connectivity index (χ1v) is 9.15. The van der Waals surface area contributed by atoms with Gasteiger partial charge in [-0.3, -0.25) is 0 Å². The predicted octanol–water partition coefficient (Wildman–Crippen LogP) is 2.98. The van der Waals surface area contributed by atoms with Crippen LogP contribution in [0.4, 0.5) is 0 Å². The molecule has 0 spiro atoms. The maximum absolute atomic E-state index is 5.43. The number of nitrogens with one attached hydrogen (secondary N) is 2. The maximum Gasteiger partial charge on any atom is 0.191 e. The number of halogens is 1. The summed E-state index contributed by atoms with van der Waals surface area (Å²) in [5, 5.41) is 7.83. The van der Waals surface area contributed by atoms with Gasteiger partial charge in [0.2, 0.25) is 0 Å². The molecule has 1 aliphatic rings. The molecule has 6 nitrogen and oxygen atoms in total. The Labute approximate surface area is 169 Å². The molecule has 2 N–H and O–H groups in total. The molecule has 0 radical (unpaired) electrons. The van der Waals surface area contributed by atoms with Crippen molar-refractivity contribution in [3.05, 3.63) is 40.2 Å². The summed E-state index contributed by atoms with van der Waals surface area (Å²) in [6.07, 6.45) is 5.53. The number of rotatable bonds is 7. The monoisotopic (exact) mass is 476 g/mol. The van der Waals surface area contributed by atoms with Gasteiger partial charge in [0, 0.05) is 43.1 Å². The lowest BCUT2D eigenvalue weighted by Crippen LogP contribution is -2.40. The molecule has 8 heteroatoms. The molecule has 1 atom stereocenters. The number of thiazole rings is 1. The molecule has 1 unspecified atom stereocenters. The Kier molecular flexibility index (Phi) is 8.70. The summed E-state index contributed by atoms with van der Waals surface area (Å²) in [5.41, 5.74) is 0. The predicted molar refractivity (Wildman–Crippen MR) is 111 cm³/mol. The third-order valence-electron chi connectivity index (χ3n) is 3.87. The lowest BCUT2D eigenvalue weighted by molar-refractivity contribution is 0.186. The van der Waals surface area contributed by atoms with E-state index in [2.05, 4.69) is 27.5 Å². The molecule has 3 heterocycles. The average Bonchev–Trinajstić information content (AvgIpc) is 3.32. The first kappa shape index (κ1) is 20.2. The second kappa shape index (κ2) is 10.8. The number of hydrogen-bond acceptors (Lipinski definition) is 5. The molecule has 2 aromatic rings. The lowest BCUT2D eigenvalue weighted by Gasteiger charge is -2.14. The van der Waals surface area contributed by atoms with Crippen molar-refractivity contribution in [1.29, 1.82) is 0 Å². The Bertz CT molecular complexity index is 639. The Hall–Kier alpha value is -1.13. The van der Waals surface area contributed by atoms with Crippen molar-refractivity contribution in [2.45, 2.75) is 26.3 Å². The molecule has 0 saturated carbocycles. The number of aryl methyl sites for hydroxylation is 1. The lowest BCUT2D eigenvalue weighted by atomic mass is 10.1. The summed E-state index contributed by atoms with van der Waals surface area (Å²) < 4.78 is 10.8. The van der Waals surface area contributed by atoms with Crippen LogP contribution in [-0.2, 0) is 17.7 Å². The fraction of sp³-hybridized carbons (Fsp3) is 0.529. The second-order valence-corrected chi connectivity index (χ2v) is 7.22. The van der Waals surface area contributed by atoms with E-state index >= 15 is 0 Å². The van der Waals surface area contributed by atoms with E-state index in [9.17, 15) is 0 Å². The van der Waals surface area contributed by atoms with E-state index in [0.29, 0.717) is 12.5 Å². The first-order chi connectivity index (χ1) is 11.8. The van der Waals surface area contributed by atoms with Crippen LogP contribution in [0.15, 0.2) is 34.0 Å². The average molecular weight is 476 g/mol. The van der Waals surface area contributed by atoms with E-state index < -0.39 is 0 Å². The van der Waals surface area contributed by atoms with Gasteiger partial charge in [0.05, 0.1) is 19.4 Å². The Morgan fingerprint density at radius 3 is 3.04 bits per heavy atom. The summed E-state index contributed by atoms with van der Waals surface area (Å²) in [6, 6.07) is 3.90. The van der Waals surface area contributed by atoms with Crippen LogP contribution in [0, 0.1) is 12.8 Å². The number of hydrogen-bond donors (Lipinski definition) is 2. The Balaban J connectivity index is 0.00000225. The minimum Gasteiger partial charge on any atom is -0.469 e. The molecule has 0 bridgehead atoms. The van der Waals surface area contributed by atoms with Crippen molar-refractivity contribution in [3.63, 3.8) is 0 Å². The molecule has 1 fully saturated rings. The molecule has 0 amide bonds. The minimum absolute atomic E-state index is 0. The SMILES string of the molecule is Cc1cnc(CN=C(NCCc2ccco2)NCC2CCOC2)s1.I. The van der Waals surface area contributed by atoms with Crippen molar-refractivity contribution in [1.82, 2.24) is 15.6 Å². The summed E-state index contributed by atoms with van der Waals surface area (Å²) in [5.74, 6) is 2.35. The van der Waals surface area contributed by atoms with Crippen LogP contribution in [0.5, 0.6) is 0 Å². The summed E-state index contributed by atoms with van der Waals surface area (Å²) in [4.78, 5) is 10.2. The van der Waals surface area contributed by atoms with Crippen molar-refractivity contribution in [2.24, 2.45) is 10.9 Å². The van der Waals surface area contributed by atoms with Gasteiger partial charge in [-0.15, -0.1) is 35.3 Å². The van der Waals surface area contributed by atoms with Gasteiger partial charge in [-0.2, -0.15) is 0 Å². The van der Waals surface area contributed by atoms with Crippen LogP contribution in [0.1, 0.15) is 22.1 Å². The Morgan fingerprint density at radius 1 is 1.44 bits per heavy atom.